The van der Waals surface area contributed by atoms with Crippen LogP contribution in [0.4, 0.5) is 5.82 Å². The van der Waals surface area contributed by atoms with E-state index in [0.717, 1.165) is 10.2 Å². The van der Waals surface area contributed by atoms with E-state index in [1.54, 1.807) is 24.7 Å². The molecule has 0 spiro atoms. The largest absolute Gasteiger partial charge is 0.305 e. The first-order valence-electron chi connectivity index (χ1n) is 4.50. The Labute approximate surface area is 105 Å². The zero-order chi connectivity index (χ0) is 11.5. The molecule has 2 aromatic rings. The second-order valence-corrected chi connectivity index (χ2v) is 4.76. The van der Waals surface area contributed by atoms with Gasteiger partial charge in [-0.25, -0.2) is 9.97 Å². The Morgan fingerprint density at radius 2 is 2.31 bits per heavy atom. The molecule has 0 radical (unpaired) electrons. The summed E-state index contributed by atoms with van der Waals surface area (Å²) in [6, 6.07) is 3.61. The highest BCUT2D eigenvalue weighted by atomic mass is 79.9. The summed E-state index contributed by atoms with van der Waals surface area (Å²) >= 11 is 4.63. The van der Waals surface area contributed by atoms with Crippen LogP contribution in [0, 0.1) is 6.92 Å². The standard InChI is InChI=1S/C10H8BrN3OS/c1-6-8(16-5-13-6)10(15)14-9-7(11)3-2-4-12-9/h2-5H,1H3,(H,12,14,15). The Bertz CT molecular complexity index is 526. The maximum atomic E-state index is 11.8. The third-order valence-electron chi connectivity index (χ3n) is 1.94. The average Bonchev–Trinajstić information content (AvgIpc) is 2.68. The van der Waals surface area contributed by atoms with Crippen LogP contribution in [-0.4, -0.2) is 15.9 Å². The zero-order valence-corrected chi connectivity index (χ0v) is 10.8. The second kappa shape index (κ2) is 4.71. The number of carbonyl (C=O) groups excluding carboxylic acids is 1. The van der Waals surface area contributed by atoms with Gasteiger partial charge in [0.2, 0.25) is 0 Å². The first-order valence-corrected chi connectivity index (χ1v) is 6.17. The summed E-state index contributed by atoms with van der Waals surface area (Å²) in [6.45, 7) is 1.80. The lowest BCUT2D eigenvalue weighted by Gasteiger charge is -2.04. The molecule has 0 aromatic carbocycles. The van der Waals surface area contributed by atoms with Gasteiger partial charge in [0.25, 0.3) is 5.91 Å². The third-order valence-corrected chi connectivity index (χ3v) is 3.51. The predicted molar refractivity (Wildman–Crippen MR) is 66.7 cm³/mol. The number of carbonyl (C=O) groups is 1. The van der Waals surface area contributed by atoms with Crippen LogP contribution in [0.5, 0.6) is 0 Å². The first kappa shape index (κ1) is 11.2. The van der Waals surface area contributed by atoms with Crippen molar-refractivity contribution in [2.45, 2.75) is 6.92 Å². The Balaban J connectivity index is 2.21. The summed E-state index contributed by atoms with van der Waals surface area (Å²) in [7, 11) is 0. The van der Waals surface area contributed by atoms with E-state index in [1.807, 2.05) is 6.07 Å². The van der Waals surface area contributed by atoms with Crippen LogP contribution in [0.15, 0.2) is 28.3 Å². The Kier molecular flexibility index (Phi) is 3.31. The molecule has 4 nitrogen and oxygen atoms in total. The molecule has 6 heteroatoms. The number of rotatable bonds is 2. The van der Waals surface area contributed by atoms with Gasteiger partial charge in [0, 0.05) is 6.20 Å². The number of anilines is 1. The quantitative estimate of drug-likeness (QED) is 0.927. The Morgan fingerprint density at radius 3 is 2.94 bits per heavy atom. The van der Waals surface area contributed by atoms with E-state index in [2.05, 4.69) is 31.2 Å². The molecule has 0 aliphatic carbocycles. The third kappa shape index (κ3) is 2.28. The number of aryl methyl sites for hydroxylation is 1. The molecule has 0 aliphatic rings. The molecule has 0 bridgehead atoms. The monoisotopic (exact) mass is 297 g/mol. The predicted octanol–water partition coefficient (Wildman–Crippen LogP) is 2.86. The van der Waals surface area contributed by atoms with Crippen molar-refractivity contribution in [2.75, 3.05) is 5.32 Å². The lowest BCUT2D eigenvalue weighted by Crippen LogP contribution is -2.12. The van der Waals surface area contributed by atoms with E-state index in [-0.39, 0.29) is 5.91 Å². The minimum atomic E-state index is -0.181. The van der Waals surface area contributed by atoms with Crippen molar-refractivity contribution in [3.63, 3.8) is 0 Å². The minimum absolute atomic E-state index is 0.181. The molecule has 2 heterocycles. The molecule has 0 atom stereocenters. The molecule has 0 saturated heterocycles. The topological polar surface area (TPSA) is 54.9 Å². The fraction of sp³-hybridized carbons (Fsp3) is 0.100. The molecule has 16 heavy (non-hydrogen) atoms. The molecular formula is C10H8BrN3OS. The van der Waals surface area contributed by atoms with Gasteiger partial charge in [-0.1, -0.05) is 0 Å². The lowest BCUT2D eigenvalue weighted by molar-refractivity contribution is 0.102. The van der Waals surface area contributed by atoms with Gasteiger partial charge in [0.15, 0.2) is 0 Å². The van der Waals surface area contributed by atoms with Crippen LogP contribution in [-0.2, 0) is 0 Å². The molecule has 1 amide bonds. The van der Waals surface area contributed by atoms with Gasteiger partial charge in [0.1, 0.15) is 10.7 Å². The fourth-order valence-corrected chi connectivity index (χ4v) is 2.21. The van der Waals surface area contributed by atoms with Gasteiger partial charge in [0.05, 0.1) is 15.7 Å². The number of aromatic nitrogens is 2. The van der Waals surface area contributed by atoms with Crippen LogP contribution in [0.1, 0.15) is 15.4 Å². The van der Waals surface area contributed by atoms with Crippen molar-refractivity contribution in [2.24, 2.45) is 0 Å². The molecule has 1 N–H and O–H groups in total. The summed E-state index contributed by atoms with van der Waals surface area (Å²) in [5.74, 6) is 0.333. The normalized spacial score (nSPS) is 10.1. The first-order chi connectivity index (χ1) is 7.68. The van der Waals surface area contributed by atoms with Gasteiger partial charge >= 0.3 is 0 Å². The van der Waals surface area contributed by atoms with Gasteiger partial charge in [-0.3, -0.25) is 4.79 Å². The van der Waals surface area contributed by atoms with Gasteiger partial charge in [-0.15, -0.1) is 11.3 Å². The number of halogens is 1. The number of pyridine rings is 1. The molecule has 2 aromatic heterocycles. The van der Waals surface area contributed by atoms with Crippen molar-refractivity contribution >= 4 is 39.0 Å². The number of thiazole rings is 1. The number of amides is 1. The second-order valence-electron chi connectivity index (χ2n) is 3.05. The van der Waals surface area contributed by atoms with Crippen LogP contribution in [0.3, 0.4) is 0 Å². The van der Waals surface area contributed by atoms with E-state index in [4.69, 9.17) is 0 Å². The van der Waals surface area contributed by atoms with Crippen LogP contribution >= 0.6 is 27.3 Å². The summed E-state index contributed by atoms with van der Waals surface area (Å²) in [4.78, 5) is 20.5. The molecular weight excluding hydrogens is 290 g/mol. The van der Waals surface area contributed by atoms with Gasteiger partial charge in [-0.2, -0.15) is 0 Å². The number of nitrogens with zero attached hydrogens (tertiary/aromatic N) is 2. The molecule has 0 saturated carbocycles. The zero-order valence-electron chi connectivity index (χ0n) is 8.40. The van der Waals surface area contributed by atoms with E-state index in [1.165, 1.54) is 11.3 Å². The summed E-state index contributed by atoms with van der Waals surface area (Å²) in [5, 5.41) is 2.73. The van der Waals surface area contributed by atoms with Gasteiger partial charge in [-0.05, 0) is 35.0 Å². The summed E-state index contributed by atoms with van der Waals surface area (Å²) in [5.41, 5.74) is 2.38. The number of hydrogen-bond donors (Lipinski definition) is 1. The maximum absolute atomic E-state index is 11.8. The fourth-order valence-electron chi connectivity index (χ4n) is 1.16. The highest BCUT2D eigenvalue weighted by molar-refractivity contribution is 9.10. The molecule has 82 valence electrons. The maximum Gasteiger partial charge on any atom is 0.268 e. The van der Waals surface area contributed by atoms with Crippen molar-refractivity contribution in [3.8, 4) is 0 Å². The van der Waals surface area contributed by atoms with E-state index in [9.17, 15) is 4.79 Å². The van der Waals surface area contributed by atoms with Crippen LogP contribution in [0.25, 0.3) is 0 Å². The molecule has 2 rings (SSSR count). The smallest absolute Gasteiger partial charge is 0.268 e. The molecule has 0 unspecified atom stereocenters. The van der Waals surface area contributed by atoms with E-state index < -0.39 is 0 Å². The molecule has 0 aliphatic heterocycles. The van der Waals surface area contributed by atoms with E-state index >= 15 is 0 Å². The number of hydrogen-bond acceptors (Lipinski definition) is 4. The van der Waals surface area contributed by atoms with Crippen LogP contribution in [0.2, 0.25) is 0 Å². The number of nitrogens with one attached hydrogen (secondary N) is 1. The van der Waals surface area contributed by atoms with Crippen molar-refractivity contribution in [3.05, 3.63) is 38.9 Å². The molecule has 0 fully saturated rings. The minimum Gasteiger partial charge on any atom is -0.305 e. The Hall–Kier alpha value is -1.27. The van der Waals surface area contributed by atoms with Gasteiger partial charge < -0.3 is 5.32 Å². The highest BCUT2D eigenvalue weighted by Crippen LogP contribution is 2.20. The summed E-state index contributed by atoms with van der Waals surface area (Å²) in [6.07, 6.45) is 1.62. The van der Waals surface area contributed by atoms with Crippen molar-refractivity contribution in [1.29, 1.82) is 0 Å². The average molecular weight is 298 g/mol. The summed E-state index contributed by atoms with van der Waals surface area (Å²) < 4.78 is 0.755. The Morgan fingerprint density at radius 1 is 1.50 bits per heavy atom. The lowest BCUT2D eigenvalue weighted by atomic mass is 10.3. The van der Waals surface area contributed by atoms with Crippen molar-refractivity contribution in [1.82, 2.24) is 9.97 Å². The van der Waals surface area contributed by atoms with Crippen molar-refractivity contribution < 1.29 is 4.79 Å². The van der Waals surface area contributed by atoms with Crippen LogP contribution < -0.4 is 5.32 Å². The highest BCUT2D eigenvalue weighted by Gasteiger charge is 2.13. The van der Waals surface area contributed by atoms with E-state index in [0.29, 0.717) is 10.7 Å². The SMILES string of the molecule is Cc1ncsc1C(=O)Nc1ncccc1Br.